The Balaban J connectivity index is 1.77. The Hall–Kier alpha value is -2.93. The van der Waals surface area contributed by atoms with Crippen molar-refractivity contribution in [2.45, 2.75) is 19.4 Å². The fourth-order valence-electron chi connectivity index (χ4n) is 3.37. The standard InChI is InChI=1S/C19H16N2O4S/c1-25-19(24)16-14(7-9-26-16)20-17(22)13-10-12-5-2-4-11-6-3-8-21(15(11)12)18(13)23/h2,4-5,7,9-10H,3,6,8H2,1H3,(H,20,22). The molecule has 0 saturated carbocycles. The average molecular weight is 368 g/mol. The number of aryl methyl sites for hydroxylation is 2. The molecule has 0 bridgehead atoms. The molecule has 3 aromatic rings. The average Bonchev–Trinajstić information content (AvgIpc) is 3.12. The molecule has 26 heavy (non-hydrogen) atoms. The number of methoxy groups -OCH3 is 1. The van der Waals surface area contributed by atoms with E-state index in [0.717, 1.165) is 29.3 Å². The van der Waals surface area contributed by atoms with Crippen LogP contribution in [0.1, 0.15) is 32.0 Å². The number of para-hydroxylation sites is 1. The lowest BCUT2D eigenvalue weighted by molar-refractivity contribution is 0.0607. The van der Waals surface area contributed by atoms with Crippen LogP contribution in [0, 0.1) is 0 Å². The summed E-state index contributed by atoms with van der Waals surface area (Å²) in [7, 11) is 1.28. The van der Waals surface area contributed by atoms with Gasteiger partial charge in [-0.2, -0.15) is 0 Å². The van der Waals surface area contributed by atoms with Crippen molar-refractivity contribution in [3.05, 3.63) is 62.1 Å². The van der Waals surface area contributed by atoms with Gasteiger partial charge in [0.15, 0.2) is 0 Å². The summed E-state index contributed by atoms with van der Waals surface area (Å²) in [5.74, 6) is -1.05. The molecule has 1 amide bonds. The Morgan fingerprint density at radius 3 is 2.92 bits per heavy atom. The van der Waals surface area contributed by atoms with Crippen LogP contribution in [0.2, 0.25) is 0 Å². The molecular weight excluding hydrogens is 352 g/mol. The quantitative estimate of drug-likeness (QED) is 0.721. The lowest BCUT2D eigenvalue weighted by Gasteiger charge is -2.20. The van der Waals surface area contributed by atoms with Gasteiger partial charge in [-0.1, -0.05) is 18.2 Å². The zero-order chi connectivity index (χ0) is 18.3. The first-order valence-electron chi connectivity index (χ1n) is 8.22. The molecule has 7 heteroatoms. The Morgan fingerprint density at radius 1 is 1.27 bits per heavy atom. The van der Waals surface area contributed by atoms with E-state index in [9.17, 15) is 14.4 Å². The molecule has 1 aromatic carbocycles. The van der Waals surface area contributed by atoms with Crippen LogP contribution in [-0.2, 0) is 17.7 Å². The molecule has 0 fully saturated rings. The minimum Gasteiger partial charge on any atom is -0.465 e. The lowest BCUT2D eigenvalue weighted by Crippen LogP contribution is -2.31. The van der Waals surface area contributed by atoms with Gasteiger partial charge in [-0.05, 0) is 41.3 Å². The number of hydrogen-bond acceptors (Lipinski definition) is 5. The Bertz CT molecular complexity index is 1100. The molecule has 2 aromatic heterocycles. The van der Waals surface area contributed by atoms with Gasteiger partial charge in [0.05, 0.1) is 18.3 Å². The van der Waals surface area contributed by atoms with Crippen LogP contribution in [0.4, 0.5) is 5.69 Å². The van der Waals surface area contributed by atoms with Crippen LogP contribution in [0.15, 0.2) is 40.5 Å². The minimum atomic E-state index is -0.528. The summed E-state index contributed by atoms with van der Waals surface area (Å²) in [5.41, 5.74) is 2.14. The number of esters is 1. The second kappa shape index (κ2) is 6.42. The molecule has 1 aliphatic rings. The summed E-state index contributed by atoms with van der Waals surface area (Å²) in [6.07, 6.45) is 1.80. The largest absolute Gasteiger partial charge is 0.465 e. The number of nitrogens with one attached hydrogen (secondary N) is 1. The first kappa shape index (κ1) is 16.5. The van der Waals surface area contributed by atoms with Crippen LogP contribution in [0.25, 0.3) is 10.9 Å². The Kier molecular flexibility index (Phi) is 4.08. The molecule has 6 nitrogen and oxygen atoms in total. The van der Waals surface area contributed by atoms with Crippen LogP contribution < -0.4 is 10.9 Å². The molecule has 0 radical (unpaired) electrons. The number of ether oxygens (including phenoxy) is 1. The Labute approximate surface area is 153 Å². The molecular formula is C19H16N2O4S. The molecule has 0 atom stereocenters. The number of amides is 1. The maximum absolute atomic E-state index is 12.9. The van der Waals surface area contributed by atoms with Crippen LogP contribution in [-0.4, -0.2) is 23.6 Å². The van der Waals surface area contributed by atoms with Gasteiger partial charge in [0.1, 0.15) is 10.4 Å². The smallest absolute Gasteiger partial charge is 0.350 e. The number of hydrogen-bond donors (Lipinski definition) is 1. The molecule has 0 spiro atoms. The summed E-state index contributed by atoms with van der Waals surface area (Å²) >= 11 is 1.17. The maximum atomic E-state index is 12.9. The fourth-order valence-corrected chi connectivity index (χ4v) is 4.14. The maximum Gasteiger partial charge on any atom is 0.350 e. The van der Waals surface area contributed by atoms with Crippen LogP contribution >= 0.6 is 11.3 Å². The number of carbonyl (C=O) groups excluding carboxylic acids is 2. The van der Waals surface area contributed by atoms with Crippen molar-refractivity contribution >= 4 is 39.8 Å². The highest BCUT2D eigenvalue weighted by Gasteiger charge is 2.22. The molecule has 0 unspecified atom stereocenters. The highest BCUT2D eigenvalue weighted by Crippen LogP contribution is 2.26. The van der Waals surface area contributed by atoms with E-state index >= 15 is 0 Å². The highest BCUT2D eigenvalue weighted by atomic mass is 32.1. The summed E-state index contributed by atoms with van der Waals surface area (Å²) < 4.78 is 6.39. The van der Waals surface area contributed by atoms with E-state index in [0.29, 0.717) is 17.1 Å². The minimum absolute atomic E-state index is 0.0681. The normalized spacial score (nSPS) is 12.8. The number of thiophene rings is 1. The predicted octanol–water partition coefficient (Wildman–Crippen LogP) is 3.05. The zero-order valence-corrected chi connectivity index (χ0v) is 14.9. The first-order chi connectivity index (χ1) is 12.6. The van der Waals surface area contributed by atoms with Crippen molar-refractivity contribution < 1.29 is 14.3 Å². The SMILES string of the molecule is COC(=O)c1sccc1NC(=O)c1cc2cccc3c2n(c1=O)CCC3. The molecule has 1 N–H and O–H groups in total. The van der Waals surface area contributed by atoms with E-state index in [4.69, 9.17) is 4.74 Å². The van der Waals surface area contributed by atoms with E-state index in [1.807, 2.05) is 18.2 Å². The van der Waals surface area contributed by atoms with Gasteiger partial charge in [0, 0.05) is 6.54 Å². The van der Waals surface area contributed by atoms with Crippen LogP contribution in [0.3, 0.4) is 0 Å². The van der Waals surface area contributed by atoms with Gasteiger partial charge in [-0.15, -0.1) is 11.3 Å². The van der Waals surface area contributed by atoms with Gasteiger partial charge in [-0.3, -0.25) is 9.59 Å². The second-order valence-electron chi connectivity index (χ2n) is 6.08. The van der Waals surface area contributed by atoms with E-state index < -0.39 is 11.9 Å². The highest BCUT2D eigenvalue weighted by molar-refractivity contribution is 7.12. The van der Waals surface area contributed by atoms with E-state index in [1.165, 1.54) is 18.4 Å². The summed E-state index contributed by atoms with van der Waals surface area (Å²) in [4.78, 5) is 37.7. The number of benzene rings is 1. The van der Waals surface area contributed by atoms with E-state index in [2.05, 4.69) is 5.32 Å². The van der Waals surface area contributed by atoms with Crippen molar-refractivity contribution in [2.24, 2.45) is 0 Å². The van der Waals surface area contributed by atoms with Crippen molar-refractivity contribution in [1.82, 2.24) is 4.57 Å². The van der Waals surface area contributed by atoms with Gasteiger partial charge < -0.3 is 14.6 Å². The topological polar surface area (TPSA) is 77.4 Å². The van der Waals surface area contributed by atoms with Gasteiger partial charge in [0.2, 0.25) is 0 Å². The molecule has 0 aliphatic carbocycles. The summed E-state index contributed by atoms with van der Waals surface area (Å²) in [6, 6.07) is 9.11. The van der Waals surface area contributed by atoms with Crippen molar-refractivity contribution in [2.75, 3.05) is 12.4 Å². The number of rotatable bonds is 3. The summed E-state index contributed by atoms with van der Waals surface area (Å²) in [5, 5.41) is 5.22. The van der Waals surface area contributed by atoms with Gasteiger partial charge in [-0.25, -0.2) is 4.79 Å². The molecule has 132 valence electrons. The number of pyridine rings is 1. The third-order valence-corrected chi connectivity index (χ3v) is 5.45. The lowest BCUT2D eigenvalue weighted by atomic mass is 10.00. The third-order valence-electron chi connectivity index (χ3n) is 4.55. The number of nitrogens with zero attached hydrogens (tertiary/aromatic N) is 1. The van der Waals surface area contributed by atoms with Crippen molar-refractivity contribution in [3.8, 4) is 0 Å². The van der Waals surface area contributed by atoms with E-state index in [-0.39, 0.29) is 11.1 Å². The zero-order valence-electron chi connectivity index (χ0n) is 14.1. The fraction of sp³-hybridized carbons (Fsp3) is 0.211. The molecule has 4 rings (SSSR count). The predicted molar refractivity (Wildman–Crippen MR) is 100 cm³/mol. The van der Waals surface area contributed by atoms with Gasteiger partial charge >= 0.3 is 5.97 Å². The molecule has 3 heterocycles. The molecule has 0 saturated heterocycles. The van der Waals surface area contributed by atoms with Crippen molar-refractivity contribution in [1.29, 1.82) is 0 Å². The molecule has 1 aliphatic heterocycles. The monoisotopic (exact) mass is 368 g/mol. The second-order valence-corrected chi connectivity index (χ2v) is 7.00. The summed E-state index contributed by atoms with van der Waals surface area (Å²) in [6.45, 7) is 0.597. The first-order valence-corrected chi connectivity index (χ1v) is 9.10. The number of carbonyl (C=O) groups is 2. The number of aromatic nitrogens is 1. The van der Waals surface area contributed by atoms with Gasteiger partial charge in [0.25, 0.3) is 11.5 Å². The number of anilines is 1. The third kappa shape index (κ3) is 2.61. The van der Waals surface area contributed by atoms with E-state index in [1.54, 1.807) is 22.1 Å². The Morgan fingerprint density at radius 2 is 2.12 bits per heavy atom. The van der Waals surface area contributed by atoms with Crippen LogP contribution in [0.5, 0.6) is 0 Å². The van der Waals surface area contributed by atoms with Crippen molar-refractivity contribution in [3.63, 3.8) is 0 Å².